The van der Waals surface area contributed by atoms with Crippen molar-refractivity contribution < 1.29 is 9.53 Å². The van der Waals surface area contributed by atoms with E-state index in [4.69, 9.17) is 9.48 Å². The Morgan fingerprint density at radius 2 is 1.92 bits per heavy atom. The van der Waals surface area contributed by atoms with Gasteiger partial charge in [-0.15, -0.1) is 13.2 Å². The molecule has 188 valence electrons. The van der Waals surface area contributed by atoms with Crippen molar-refractivity contribution in [2.24, 2.45) is 4.74 Å². The van der Waals surface area contributed by atoms with Crippen LogP contribution in [-0.2, 0) is 9.53 Å². The third-order valence-corrected chi connectivity index (χ3v) is 9.35. The van der Waals surface area contributed by atoms with Crippen LogP contribution < -0.4 is 5.30 Å². The summed E-state index contributed by atoms with van der Waals surface area (Å²) in [7, 11) is -1.13. The van der Waals surface area contributed by atoms with Gasteiger partial charge in [0.2, 0.25) is 0 Å². The summed E-state index contributed by atoms with van der Waals surface area (Å²) in [6.07, 6.45) is 20.6. The molecule has 0 amide bonds. The summed E-state index contributed by atoms with van der Waals surface area (Å²) in [4.78, 5) is 11.8. The number of ether oxygens (including phenoxy) is 1. The standard InChI is InChI=1S/C30H29N2O2P.C2H4/c1-4-5-13-24(2)35(28-16-11-8-12-17-28,27-14-9-6-7-10-15-27)32-29-20-18-25(23-31)22-26(29)19-21-30(33)34-3;1-2/h4-9,11-22H,10H2,1-3H3;1-2H2/b5-4-,21-19+,24-13+;. The second-order valence-corrected chi connectivity index (χ2v) is 11.0. The van der Waals surface area contributed by atoms with Crippen LogP contribution in [0.15, 0.2) is 132 Å². The van der Waals surface area contributed by atoms with E-state index in [0.29, 0.717) is 16.8 Å². The number of allylic oxidation sites excluding steroid dienone is 10. The van der Waals surface area contributed by atoms with E-state index in [-0.39, 0.29) is 0 Å². The highest BCUT2D eigenvalue weighted by molar-refractivity contribution is 7.81. The smallest absolute Gasteiger partial charge is 0.330 e. The first-order valence-electron chi connectivity index (χ1n) is 11.9. The summed E-state index contributed by atoms with van der Waals surface area (Å²) in [5.74, 6) is -0.466. The number of nitriles is 1. The average Bonchev–Trinajstić information content (AvgIpc) is 3.25. The van der Waals surface area contributed by atoms with E-state index in [1.807, 2.05) is 43.3 Å². The number of hydrogen-bond donors (Lipinski definition) is 0. The van der Waals surface area contributed by atoms with Crippen molar-refractivity contribution >= 4 is 30.1 Å². The molecule has 0 spiro atoms. The molecule has 1 unspecified atom stereocenters. The van der Waals surface area contributed by atoms with Crippen molar-refractivity contribution in [3.8, 4) is 6.07 Å². The summed E-state index contributed by atoms with van der Waals surface area (Å²) < 4.78 is 10.3. The lowest BCUT2D eigenvalue weighted by atomic mass is 10.1. The summed E-state index contributed by atoms with van der Waals surface area (Å²) >= 11 is 0. The van der Waals surface area contributed by atoms with Gasteiger partial charge in [-0.2, -0.15) is 5.26 Å². The fourth-order valence-electron chi connectivity index (χ4n) is 3.78. The van der Waals surface area contributed by atoms with E-state index in [2.05, 4.69) is 74.7 Å². The lowest BCUT2D eigenvalue weighted by molar-refractivity contribution is -0.134. The number of hydrogen-bond acceptors (Lipinski definition) is 4. The van der Waals surface area contributed by atoms with E-state index in [9.17, 15) is 10.1 Å². The predicted octanol–water partition coefficient (Wildman–Crippen LogP) is 8.58. The van der Waals surface area contributed by atoms with E-state index in [1.54, 1.807) is 18.2 Å². The van der Waals surface area contributed by atoms with Gasteiger partial charge in [0.05, 0.1) is 31.5 Å². The maximum atomic E-state index is 11.8. The zero-order valence-electron chi connectivity index (χ0n) is 21.7. The van der Waals surface area contributed by atoms with Crippen LogP contribution in [0.25, 0.3) is 6.08 Å². The van der Waals surface area contributed by atoms with Crippen molar-refractivity contribution in [2.45, 2.75) is 20.3 Å². The second-order valence-electron chi connectivity index (χ2n) is 7.80. The Morgan fingerprint density at radius 3 is 2.59 bits per heavy atom. The van der Waals surface area contributed by atoms with Gasteiger partial charge in [-0.05, 0) is 55.2 Å². The van der Waals surface area contributed by atoms with Crippen molar-refractivity contribution in [3.63, 3.8) is 0 Å². The van der Waals surface area contributed by atoms with Gasteiger partial charge in [0, 0.05) is 16.9 Å². The minimum Gasteiger partial charge on any atom is -0.466 e. The topological polar surface area (TPSA) is 62.5 Å². The lowest BCUT2D eigenvalue weighted by Gasteiger charge is -2.28. The Hall–Kier alpha value is -4.19. The van der Waals surface area contributed by atoms with Crippen LogP contribution in [0.5, 0.6) is 0 Å². The predicted molar refractivity (Wildman–Crippen MR) is 158 cm³/mol. The van der Waals surface area contributed by atoms with Gasteiger partial charge in [0.1, 0.15) is 0 Å². The Balaban J connectivity index is 0.00000235. The molecule has 1 aliphatic rings. The average molecular weight is 509 g/mol. The molecule has 0 radical (unpaired) electrons. The van der Waals surface area contributed by atoms with E-state index >= 15 is 0 Å². The molecule has 3 rings (SSSR count). The minimum absolute atomic E-state index is 0.466. The van der Waals surface area contributed by atoms with E-state index < -0.39 is 13.0 Å². The molecule has 0 aromatic heterocycles. The van der Waals surface area contributed by atoms with Crippen molar-refractivity contribution in [2.75, 3.05) is 7.11 Å². The first kappa shape index (κ1) is 29.0. The number of rotatable bonds is 7. The summed E-state index contributed by atoms with van der Waals surface area (Å²) in [5, 5.41) is 12.9. The van der Waals surface area contributed by atoms with Crippen LogP contribution in [0.4, 0.5) is 5.69 Å². The molecule has 0 fully saturated rings. The van der Waals surface area contributed by atoms with Gasteiger partial charge >= 0.3 is 5.97 Å². The SMILES string of the molecule is C/C=C\C=C(/C)P(=Nc1ccc(C#N)cc1/C=C/C(=O)OC)(C1=CCC=CC=C1)c1ccccc1.C=C. The van der Waals surface area contributed by atoms with Gasteiger partial charge in [0.25, 0.3) is 0 Å². The molecule has 0 N–H and O–H groups in total. The molecule has 0 aliphatic heterocycles. The molecule has 1 aliphatic carbocycles. The summed E-state index contributed by atoms with van der Waals surface area (Å²) in [6, 6.07) is 17.9. The number of carbonyl (C=O) groups is 1. The second kappa shape index (κ2) is 15.0. The fraction of sp³-hybridized carbons (Fsp3) is 0.125. The summed E-state index contributed by atoms with van der Waals surface area (Å²) in [6.45, 7) is 10.1. The number of methoxy groups -OCH3 is 1. The molecule has 37 heavy (non-hydrogen) atoms. The van der Waals surface area contributed by atoms with Gasteiger partial charge in [0.15, 0.2) is 0 Å². The molecular formula is C32H33N2O2P. The lowest BCUT2D eigenvalue weighted by Crippen LogP contribution is -2.07. The molecule has 4 nitrogen and oxygen atoms in total. The van der Waals surface area contributed by atoms with Gasteiger partial charge in [-0.25, -0.2) is 4.79 Å². The van der Waals surface area contributed by atoms with Gasteiger partial charge in [-0.3, -0.25) is 4.74 Å². The molecule has 0 heterocycles. The number of benzene rings is 2. The maximum Gasteiger partial charge on any atom is 0.330 e. The fourth-order valence-corrected chi connectivity index (χ4v) is 7.37. The monoisotopic (exact) mass is 508 g/mol. The summed E-state index contributed by atoms with van der Waals surface area (Å²) in [5.41, 5.74) is 1.89. The molecule has 5 heteroatoms. The third-order valence-electron chi connectivity index (χ3n) is 5.54. The normalized spacial score (nSPS) is 14.6. The Kier molecular flexibility index (Phi) is 11.8. The van der Waals surface area contributed by atoms with Crippen LogP contribution in [0, 0.1) is 11.3 Å². The highest BCUT2D eigenvalue weighted by atomic mass is 31.2. The maximum absolute atomic E-state index is 11.8. The molecule has 0 saturated carbocycles. The van der Waals surface area contributed by atoms with Crippen LogP contribution in [0.3, 0.4) is 0 Å². The van der Waals surface area contributed by atoms with Crippen molar-refractivity contribution in [1.29, 1.82) is 5.26 Å². The largest absolute Gasteiger partial charge is 0.466 e. The van der Waals surface area contributed by atoms with Gasteiger partial charge in [-0.1, -0.05) is 78.9 Å². The van der Waals surface area contributed by atoms with Crippen LogP contribution in [0.1, 0.15) is 31.4 Å². The van der Waals surface area contributed by atoms with Crippen LogP contribution in [-0.4, -0.2) is 13.1 Å². The van der Waals surface area contributed by atoms with E-state index in [0.717, 1.165) is 22.4 Å². The zero-order valence-corrected chi connectivity index (χ0v) is 22.6. The van der Waals surface area contributed by atoms with Crippen molar-refractivity contribution in [1.82, 2.24) is 0 Å². The third kappa shape index (κ3) is 7.40. The first-order valence-corrected chi connectivity index (χ1v) is 13.6. The molecule has 1 atom stereocenters. The molecule has 2 aromatic carbocycles. The Labute approximate surface area is 221 Å². The van der Waals surface area contributed by atoms with Crippen LogP contribution in [0.2, 0.25) is 0 Å². The highest BCUT2D eigenvalue weighted by Crippen LogP contribution is 2.65. The number of carbonyl (C=O) groups excluding carboxylic acids is 1. The quantitative estimate of drug-likeness (QED) is 0.124. The Bertz CT molecular complexity index is 1370. The van der Waals surface area contributed by atoms with E-state index in [1.165, 1.54) is 13.2 Å². The number of nitrogens with zero attached hydrogens (tertiary/aromatic N) is 2. The minimum atomic E-state index is -2.46. The van der Waals surface area contributed by atoms with Crippen LogP contribution >= 0.6 is 7.05 Å². The highest BCUT2D eigenvalue weighted by Gasteiger charge is 2.28. The molecule has 0 saturated heterocycles. The molecule has 2 aromatic rings. The molecular weight excluding hydrogens is 475 g/mol. The van der Waals surface area contributed by atoms with Crippen molar-refractivity contribution in [3.05, 3.63) is 138 Å². The molecule has 0 bridgehead atoms. The zero-order chi connectivity index (χ0) is 27.1. The van der Waals surface area contributed by atoms with Gasteiger partial charge < -0.3 is 4.74 Å². The first-order chi connectivity index (χ1) is 18.0. The Morgan fingerprint density at radius 1 is 1.16 bits per heavy atom. The number of esters is 1.